The summed E-state index contributed by atoms with van der Waals surface area (Å²) in [5, 5.41) is 0. The van der Waals surface area contributed by atoms with Crippen LogP contribution in [0.15, 0.2) is 36.4 Å². The number of rotatable bonds is 14. The van der Waals surface area contributed by atoms with Gasteiger partial charge < -0.3 is 0 Å². The zero-order valence-corrected chi connectivity index (χ0v) is 24.3. The van der Waals surface area contributed by atoms with E-state index in [-0.39, 0.29) is 11.4 Å². The van der Waals surface area contributed by atoms with Gasteiger partial charge in [0.2, 0.25) is 0 Å². The third-order valence-corrected chi connectivity index (χ3v) is 9.98. The molecule has 0 atom stereocenters. The Labute approximate surface area is 236 Å². The van der Waals surface area contributed by atoms with Crippen molar-refractivity contribution in [3.63, 3.8) is 0 Å². The minimum Gasteiger partial charge on any atom is -0.246 e. The molecule has 0 aromatic heterocycles. The number of hydrogen-bond donors (Lipinski definition) is 0. The lowest BCUT2D eigenvalue weighted by Crippen LogP contribution is -2.18. The van der Waals surface area contributed by atoms with Gasteiger partial charge in [-0.25, -0.2) is 13.2 Å². The summed E-state index contributed by atoms with van der Waals surface area (Å²) < 4.78 is 41.8. The van der Waals surface area contributed by atoms with Crippen molar-refractivity contribution in [3.05, 3.63) is 59.2 Å². The molecule has 3 heteroatoms. The van der Waals surface area contributed by atoms with Gasteiger partial charge in [0.15, 0.2) is 0 Å². The molecule has 0 spiro atoms. The fraction of sp³-hybridized carbons (Fsp3) is 0.667. The molecule has 0 bridgehead atoms. The number of alkyl halides is 1. The van der Waals surface area contributed by atoms with E-state index in [1.165, 1.54) is 115 Å². The molecule has 2 aliphatic rings. The van der Waals surface area contributed by atoms with E-state index >= 15 is 0 Å². The molecule has 216 valence electrons. The lowest BCUT2D eigenvalue weighted by atomic mass is 9.74. The van der Waals surface area contributed by atoms with E-state index < -0.39 is 12.5 Å². The van der Waals surface area contributed by atoms with Crippen LogP contribution in [0, 0.1) is 29.4 Å². The van der Waals surface area contributed by atoms with Crippen molar-refractivity contribution in [2.45, 2.75) is 135 Å². The predicted octanol–water partition coefficient (Wildman–Crippen LogP) is 12.1. The highest BCUT2D eigenvalue weighted by Crippen LogP contribution is 2.41. The summed E-state index contributed by atoms with van der Waals surface area (Å²) >= 11 is 0. The largest absolute Gasteiger partial charge is 0.246 e. The third kappa shape index (κ3) is 9.12. The van der Waals surface area contributed by atoms with Crippen molar-refractivity contribution in [2.75, 3.05) is 0 Å². The highest BCUT2D eigenvalue weighted by molar-refractivity contribution is 5.65. The summed E-state index contributed by atoms with van der Waals surface area (Å²) in [5.41, 5.74) is 1.92. The van der Waals surface area contributed by atoms with Crippen molar-refractivity contribution >= 4 is 0 Å². The molecule has 2 aliphatic carbocycles. The van der Waals surface area contributed by atoms with Gasteiger partial charge in [0.1, 0.15) is 18.3 Å². The molecule has 0 unspecified atom stereocenters. The first-order chi connectivity index (χ1) is 19.1. The van der Waals surface area contributed by atoms with Gasteiger partial charge in [0.05, 0.1) is 0 Å². The first kappa shape index (κ1) is 30.2. The van der Waals surface area contributed by atoms with Crippen LogP contribution >= 0.6 is 0 Å². The summed E-state index contributed by atoms with van der Waals surface area (Å²) in [4.78, 5) is 0. The highest BCUT2D eigenvalue weighted by Gasteiger charge is 2.26. The topological polar surface area (TPSA) is 0 Å². The fourth-order valence-corrected chi connectivity index (χ4v) is 7.30. The molecule has 4 rings (SSSR count). The number of benzene rings is 2. The van der Waals surface area contributed by atoms with E-state index in [0.29, 0.717) is 17.0 Å². The van der Waals surface area contributed by atoms with Crippen LogP contribution in [0.1, 0.15) is 140 Å². The van der Waals surface area contributed by atoms with Crippen molar-refractivity contribution in [2.24, 2.45) is 17.8 Å². The van der Waals surface area contributed by atoms with E-state index in [4.69, 9.17) is 0 Å². The van der Waals surface area contributed by atoms with Gasteiger partial charge in [-0.05, 0) is 72.6 Å². The Morgan fingerprint density at radius 1 is 0.615 bits per heavy atom. The molecule has 2 aromatic rings. The quantitative estimate of drug-likeness (QED) is 0.209. The molecule has 0 aliphatic heterocycles. The van der Waals surface area contributed by atoms with Crippen LogP contribution in [0.2, 0.25) is 0 Å². The maximum absolute atomic E-state index is 15.0. The van der Waals surface area contributed by atoms with Crippen LogP contribution in [0.4, 0.5) is 13.2 Å². The summed E-state index contributed by atoms with van der Waals surface area (Å²) in [7, 11) is 0. The Bertz CT molecular complexity index is 983. The molecule has 0 saturated heterocycles. The lowest BCUT2D eigenvalue weighted by molar-refractivity contribution is 0.222. The molecule has 0 radical (unpaired) electrons. The molecule has 0 heterocycles. The van der Waals surface area contributed by atoms with Gasteiger partial charge in [0.25, 0.3) is 0 Å². The number of hydrogen-bond acceptors (Lipinski definition) is 0. The van der Waals surface area contributed by atoms with Crippen molar-refractivity contribution in [1.82, 2.24) is 0 Å². The van der Waals surface area contributed by atoms with Crippen molar-refractivity contribution in [1.29, 1.82) is 0 Å². The predicted molar refractivity (Wildman–Crippen MR) is 159 cm³/mol. The zero-order chi connectivity index (χ0) is 27.5. The maximum Gasteiger partial charge on any atom is 0.131 e. The van der Waals surface area contributed by atoms with Crippen LogP contribution in [-0.4, -0.2) is 0 Å². The highest BCUT2D eigenvalue weighted by atomic mass is 19.1. The summed E-state index contributed by atoms with van der Waals surface area (Å²) in [6.45, 7) is 1.44. The molecule has 2 saturated carbocycles. The molecule has 39 heavy (non-hydrogen) atoms. The van der Waals surface area contributed by atoms with Crippen LogP contribution in [0.5, 0.6) is 0 Å². The maximum atomic E-state index is 15.0. The smallest absolute Gasteiger partial charge is 0.131 e. The minimum absolute atomic E-state index is 0.0130. The van der Waals surface area contributed by atoms with Crippen LogP contribution in [0.3, 0.4) is 0 Å². The van der Waals surface area contributed by atoms with E-state index in [0.717, 1.165) is 36.2 Å². The summed E-state index contributed by atoms with van der Waals surface area (Å²) in [6, 6.07) is 9.67. The minimum atomic E-state index is -0.851. The van der Waals surface area contributed by atoms with Crippen LogP contribution in [-0.2, 0) is 6.67 Å². The molecule has 0 amide bonds. The number of unbranched alkanes of at least 4 members (excludes halogenated alkanes) is 6. The summed E-state index contributed by atoms with van der Waals surface area (Å²) in [6.07, 6.45) is 24.8. The summed E-state index contributed by atoms with van der Waals surface area (Å²) in [5.74, 6) is 2.24. The van der Waals surface area contributed by atoms with Crippen LogP contribution in [0.25, 0.3) is 11.1 Å². The standard InChI is InChI=1S/C36H51F3/c1-2-3-4-5-6-7-8-9-27-10-12-28(13-11-27)14-15-29-16-18-30(19-17-29)31-22-23-34(36(39)24-31)32-20-21-33(26-37)35(38)25-32/h20-25,27-30H,2-19,26H2,1H3/t27-,28-,29-,30-. The van der Waals surface area contributed by atoms with Gasteiger partial charge in [0, 0.05) is 11.1 Å². The third-order valence-electron chi connectivity index (χ3n) is 9.98. The van der Waals surface area contributed by atoms with Crippen molar-refractivity contribution < 1.29 is 13.2 Å². The Morgan fingerprint density at radius 2 is 1.21 bits per heavy atom. The first-order valence-electron chi connectivity index (χ1n) is 16.2. The van der Waals surface area contributed by atoms with Gasteiger partial charge in [-0.15, -0.1) is 0 Å². The van der Waals surface area contributed by atoms with Crippen LogP contribution < -0.4 is 0 Å². The van der Waals surface area contributed by atoms with Crippen molar-refractivity contribution in [3.8, 4) is 11.1 Å². The molecule has 0 N–H and O–H groups in total. The fourth-order valence-electron chi connectivity index (χ4n) is 7.30. The second-order valence-corrected chi connectivity index (χ2v) is 12.8. The Hall–Kier alpha value is -1.77. The molecule has 0 nitrogen and oxygen atoms in total. The molecular formula is C36H51F3. The first-order valence-corrected chi connectivity index (χ1v) is 16.2. The van der Waals surface area contributed by atoms with E-state index in [1.54, 1.807) is 18.2 Å². The molecular weight excluding hydrogens is 489 g/mol. The lowest BCUT2D eigenvalue weighted by Gasteiger charge is -2.32. The molecule has 2 aromatic carbocycles. The zero-order valence-electron chi connectivity index (χ0n) is 24.3. The van der Waals surface area contributed by atoms with Gasteiger partial charge in [-0.1, -0.05) is 121 Å². The number of halogens is 3. The Balaban J connectivity index is 1.13. The van der Waals surface area contributed by atoms with E-state index in [2.05, 4.69) is 6.92 Å². The average molecular weight is 541 g/mol. The second kappa shape index (κ2) is 15.9. The van der Waals surface area contributed by atoms with Gasteiger partial charge >= 0.3 is 0 Å². The monoisotopic (exact) mass is 540 g/mol. The van der Waals surface area contributed by atoms with E-state index in [1.807, 2.05) is 6.07 Å². The van der Waals surface area contributed by atoms with Gasteiger partial charge in [-0.3, -0.25) is 0 Å². The second-order valence-electron chi connectivity index (χ2n) is 12.8. The van der Waals surface area contributed by atoms with E-state index in [9.17, 15) is 13.2 Å². The van der Waals surface area contributed by atoms with Gasteiger partial charge in [-0.2, -0.15) is 0 Å². The normalized spacial score (nSPS) is 23.7. The average Bonchev–Trinajstić information content (AvgIpc) is 2.96. The SMILES string of the molecule is CCCCCCCCC[C@H]1CC[C@H](CC[C@H]2CC[C@H](c3ccc(-c4ccc(CF)c(F)c4)c(F)c3)CC2)CC1. The Morgan fingerprint density at radius 3 is 1.79 bits per heavy atom. The Kier molecular flexibility index (Phi) is 12.3. The molecule has 2 fully saturated rings.